The average Bonchev–Trinajstić information content (AvgIpc) is 2.28. The van der Waals surface area contributed by atoms with Gasteiger partial charge >= 0.3 is 0 Å². The van der Waals surface area contributed by atoms with Crippen LogP contribution in [0, 0.1) is 17.6 Å². The van der Waals surface area contributed by atoms with E-state index in [0.29, 0.717) is 0 Å². The maximum atomic E-state index is 12.9. The van der Waals surface area contributed by atoms with Crippen LogP contribution < -0.4 is 5.32 Å². The number of hydrogen-bond acceptors (Lipinski definition) is 2. The van der Waals surface area contributed by atoms with Crippen molar-refractivity contribution in [1.82, 2.24) is 5.32 Å². The Hall–Kier alpha value is -1.49. The summed E-state index contributed by atoms with van der Waals surface area (Å²) in [6.45, 7) is 3.48. The van der Waals surface area contributed by atoms with Gasteiger partial charge in [0, 0.05) is 5.56 Å². The molecule has 17 heavy (non-hydrogen) atoms. The van der Waals surface area contributed by atoms with Gasteiger partial charge in [0.05, 0.1) is 12.6 Å². The lowest BCUT2D eigenvalue weighted by Crippen LogP contribution is -2.41. The number of carbonyl (C=O) groups is 1. The summed E-state index contributed by atoms with van der Waals surface area (Å²) in [5, 5.41) is 11.6. The molecule has 2 N–H and O–H groups in total. The van der Waals surface area contributed by atoms with Crippen molar-refractivity contribution < 1.29 is 18.7 Å². The van der Waals surface area contributed by atoms with Crippen LogP contribution in [0.3, 0.4) is 0 Å². The van der Waals surface area contributed by atoms with Crippen molar-refractivity contribution >= 4 is 5.91 Å². The van der Waals surface area contributed by atoms with Crippen LogP contribution in [0.2, 0.25) is 0 Å². The van der Waals surface area contributed by atoms with Crippen LogP contribution in [-0.2, 0) is 0 Å². The van der Waals surface area contributed by atoms with Crippen molar-refractivity contribution in [2.45, 2.75) is 19.9 Å². The topological polar surface area (TPSA) is 49.3 Å². The summed E-state index contributed by atoms with van der Waals surface area (Å²) >= 11 is 0. The van der Waals surface area contributed by atoms with Crippen molar-refractivity contribution in [2.24, 2.45) is 5.92 Å². The predicted octanol–water partition coefficient (Wildman–Crippen LogP) is 1.71. The standard InChI is InChI=1S/C12H15F2NO2/c1-7(2)11(6-16)15-12(17)8-3-4-9(13)10(14)5-8/h3-5,7,11,16H,6H2,1-2H3,(H,15,17)/t11-/m1/s1. The van der Waals surface area contributed by atoms with Gasteiger partial charge in [-0.1, -0.05) is 13.8 Å². The highest BCUT2D eigenvalue weighted by Gasteiger charge is 2.17. The van der Waals surface area contributed by atoms with Crippen molar-refractivity contribution in [3.05, 3.63) is 35.4 Å². The van der Waals surface area contributed by atoms with E-state index >= 15 is 0 Å². The minimum absolute atomic E-state index is 0.0306. The van der Waals surface area contributed by atoms with Gasteiger partial charge in [-0.05, 0) is 24.1 Å². The Labute approximate surface area is 98.5 Å². The number of nitrogens with one attached hydrogen (secondary N) is 1. The van der Waals surface area contributed by atoms with E-state index in [-0.39, 0.29) is 18.1 Å². The van der Waals surface area contributed by atoms with Crippen LogP contribution in [0.4, 0.5) is 8.78 Å². The van der Waals surface area contributed by atoms with E-state index in [0.717, 1.165) is 12.1 Å². The monoisotopic (exact) mass is 243 g/mol. The van der Waals surface area contributed by atoms with Crippen LogP contribution in [-0.4, -0.2) is 23.7 Å². The van der Waals surface area contributed by atoms with Gasteiger partial charge in [0.15, 0.2) is 11.6 Å². The molecule has 1 aromatic carbocycles. The van der Waals surface area contributed by atoms with Crippen molar-refractivity contribution in [3.63, 3.8) is 0 Å². The quantitative estimate of drug-likeness (QED) is 0.845. The number of carbonyl (C=O) groups excluding carboxylic acids is 1. The number of rotatable bonds is 4. The molecule has 0 aliphatic carbocycles. The van der Waals surface area contributed by atoms with Crippen LogP contribution in [0.1, 0.15) is 24.2 Å². The summed E-state index contributed by atoms with van der Waals surface area (Å²) in [5.74, 6) is -2.54. The first-order valence-corrected chi connectivity index (χ1v) is 5.32. The third kappa shape index (κ3) is 3.49. The third-order valence-corrected chi connectivity index (χ3v) is 2.50. The molecule has 1 atom stereocenters. The average molecular weight is 243 g/mol. The number of halogens is 2. The van der Waals surface area contributed by atoms with Crippen molar-refractivity contribution in [1.29, 1.82) is 0 Å². The van der Waals surface area contributed by atoms with Gasteiger partial charge in [-0.3, -0.25) is 4.79 Å². The first-order valence-electron chi connectivity index (χ1n) is 5.32. The summed E-state index contributed by atoms with van der Waals surface area (Å²) in [7, 11) is 0. The zero-order valence-corrected chi connectivity index (χ0v) is 9.71. The Kier molecular flexibility index (Phi) is 4.57. The lowest BCUT2D eigenvalue weighted by molar-refractivity contribution is 0.0896. The molecule has 0 saturated heterocycles. The number of benzene rings is 1. The molecule has 0 saturated carbocycles. The molecule has 1 aromatic rings. The first kappa shape index (κ1) is 13.6. The molecule has 1 rings (SSSR count). The Balaban J connectivity index is 2.79. The lowest BCUT2D eigenvalue weighted by Gasteiger charge is -2.19. The molecule has 0 bridgehead atoms. The molecule has 5 heteroatoms. The van der Waals surface area contributed by atoms with Gasteiger partial charge in [0.25, 0.3) is 5.91 Å². The van der Waals surface area contributed by atoms with Gasteiger partial charge < -0.3 is 10.4 Å². The molecule has 0 aliphatic heterocycles. The second-order valence-corrected chi connectivity index (χ2v) is 4.14. The van der Waals surface area contributed by atoms with E-state index < -0.39 is 23.6 Å². The highest BCUT2D eigenvalue weighted by atomic mass is 19.2. The van der Waals surface area contributed by atoms with Gasteiger partial charge in [-0.15, -0.1) is 0 Å². The molecule has 3 nitrogen and oxygen atoms in total. The smallest absolute Gasteiger partial charge is 0.251 e. The van der Waals surface area contributed by atoms with Crippen LogP contribution in [0.15, 0.2) is 18.2 Å². The minimum atomic E-state index is -1.07. The summed E-state index contributed by atoms with van der Waals surface area (Å²) < 4.78 is 25.6. The van der Waals surface area contributed by atoms with E-state index in [1.165, 1.54) is 6.07 Å². The van der Waals surface area contributed by atoms with E-state index in [2.05, 4.69) is 5.32 Å². The zero-order chi connectivity index (χ0) is 13.0. The van der Waals surface area contributed by atoms with Crippen molar-refractivity contribution in [3.8, 4) is 0 Å². The number of hydrogen-bond donors (Lipinski definition) is 2. The molecule has 0 unspecified atom stereocenters. The molecule has 0 fully saturated rings. The zero-order valence-electron chi connectivity index (χ0n) is 9.71. The van der Waals surface area contributed by atoms with Crippen LogP contribution >= 0.6 is 0 Å². The molecule has 0 spiro atoms. The predicted molar refractivity (Wildman–Crippen MR) is 59.5 cm³/mol. The third-order valence-electron chi connectivity index (χ3n) is 2.50. The Morgan fingerprint density at radius 2 is 2.00 bits per heavy atom. The van der Waals surface area contributed by atoms with E-state index in [9.17, 15) is 13.6 Å². The molecular weight excluding hydrogens is 228 g/mol. The second kappa shape index (κ2) is 5.72. The van der Waals surface area contributed by atoms with Crippen LogP contribution in [0.25, 0.3) is 0 Å². The molecule has 94 valence electrons. The summed E-state index contributed by atoms with van der Waals surface area (Å²) in [5.41, 5.74) is 0.0306. The molecule has 0 radical (unpaired) electrons. The summed E-state index contributed by atoms with van der Waals surface area (Å²) in [4.78, 5) is 11.7. The van der Waals surface area contributed by atoms with Gasteiger partial charge in [-0.25, -0.2) is 8.78 Å². The second-order valence-electron chi connectivity index (χ2n) is 4.14. The fourth-order valence-electron chi connectivity index (χ4n) is 1.31. The molecule has 0 aliphatic rings. The van der Waals surface area contributed by atoms with E-state index in [1.54, 1.807) is 0 Å². The Morgan fingerprint density at radius 3 is 2.47 bits per heavy atom. The van der Waals surface area contributed by atoms with Gasteiger partial charge in [0.2, 0.25) is 0 Å². The molecule has 0 aromatic heterocycles. The summed E-state index contributed by atoms with van der Waals surface area (Å²) in [6, 6.07) is 2.52. The Bertz CT molecular complexity index is 407. The Morgan fingerprint density at radius 1 is 1.35 bits per heavy atom. The fraction of sp³-hybridized carbons (Fsp3) is 0.417. The highest BCUT2D eigenvalue weighted by molar-refractivity contribution is 5.94. The molecule has 0 heterocycles. The molecule has 1 amide bonds. The lowest BCUT2D eigenvalue weighted by atomic mass is 10.0. The largest absolute Gasteiger partial charge is 0.394 e. The van der Waals surface area contributed by atoms with Crippen molar-refractivity contribution in [2.75, 3.05) is 6.61 Å². The fourth-order valence-corrected chi connectivity index (χ4v) is 1.31. The van der Waals surface area contributed by atoms with Gasteiger partial charge in [-0.2, -0.15) is 0 Å². The maximum Gasteiger partial charge on any atom is 0.251 e. The minimum Gasteiger partial charge on any atom is -0.394 e. The van der Waals surface area contributed by atoms with E-state index in [4.69, 9.17) is 5.11 Å². The maximum absolute atomic E-state index is 12.9. The van der Waals surface area contributed by atoms with Gasteiger partial charge in [0.1, 0.15) is 0 Å². The SMILES string of the molecule is CC(C)[C@@H](CO)NC(=O)c1ccc(F)c(F)c1. The number of aliphatic hydroxyl groups excluding tert-OH is 1. The first-order chi connectivity index (χ1) is 7.95. The number of aliphatic hydroxyl groups is 1. The highest BCUT2D eigenvalue weighted by Crippen LogP contribution is 2.09. The normalized spacial score (nSPS) is 12.6. The van der Waals surface area contributed by atoms with E-state index in [1.807, 2.05) is 13.8 Å². The summed E-state index contributed by atoms with van der Waals surface area (Å²) in [6.07, 6.45) is 0. The van der Waals surface area contributed by atoms with Crippen LogP contribution in [0.5, 0.6) is 0 Å². The number of amides is 1. The molecular formula is C12H15F2NO2.